The normalized spacial score (nSPS) is 9.80. The average molecular weight is 282 g/mol. The molecule has 0 heterocycles. The average Bonchev–Trinajstić information content (AvgIpc) is 2.49. The monoisotopic (exact) mass is 282 g/mol. The SMILES string of the molecule is CSc1ccc(C(=O)Nc2ccc(CC#N)cc2)cc1. The molecule has 4 heteroatoms. The van der Waals surface area contributed by atoms with Gasteiger partial charge in [0.25, 0.3) is 5.91 Å². The number of nitrogens with zero attached hydrogens (tertiary/aromatic N) is 1. The fraction of sp³-hybridized carbons (Fsp3) is 0.125. The lowest BCUT2D eigenvalue weighted by atomic mass is 10.1. The Hall–Kier alpha value is -2.25. The van der Waals surface area contributed by atoms with Gasteiger partial charge in [-0.3, -0.25) is 4.79 Å². The predicted molar refractivity (Wildman–Crippen MR) is 81.9 cm³/mol. The van der Waals surface area contributed by atoms with Crippen molar-refractivity contribution in [3.63, 3.8) is 0 Å². The molecule has 0 aliphatic rings. The van der Waals surface area contributed by atoms with E-state index in [0.29, 0.717) is 12.0 Å². The fourth-order valence-electron chi connectivity index (χ4n) is 1.74. The van der Waals surface area contributed by atoms with Crippen LogP contribution in [-0.4, -0.2) is 12.2 Å². The minimum atomic E-state index is -0.134. The van der Waals surface area contributed by atoms with Crippen molar-refractivity contribution in [1.82, 2.24) is 0 Å². The van der Waals surface area contributed by atoms with Crippen LogP contribution < -0.4 is 5.32 Å². The molecular weight excluding hydrogens is 268 g/mol. The quantitative estimate of drug-likeness (QED) is 0.869. The lowest BCUT2D eigenvalue weighted by Crippen LogP contribution is -2.11. The highest BCUT2D eigenvalue weighted by Gasteiger charge is 2.05. The van der Waals surface area contributed by atoms with E-state index in [0.717, 1.165) is 16.1 Å². The van der Waals surface area contributed by atoms with Crippen LogP contribution in [-0.2, 0) is 6.42 Å². The highest BCUT2D eigenvalue weighted by molar-refractivity contribution is 7.98. The summed E-state index contributed by atoms with van der Waals surface area (Å²) in [6.07, 6.45) is 2.38. The molecule has 1 amide bonds. The Morgan fingerprint density at radius 1 is 1.15 bits per heavy atom. The van der Waals surface area contributed by atoms with Crippen molar-refractivity contribution in [1.29, 1.82) is 5.26 Å². The van der Waals surface area contributed by atoms with Crippen LogP contribution in [0.1, 0.15) is 15.9 Å². The molecule has 0 aromatic heterocycles. The van der Waals surface area contributed by atoms with Crippen LogP contribution in [0.5, 0.6) is 0 Å². The summed E-state index contributed by atoms with van der Waals surface area (Å²) >= 11 is 1.64. The van der Waals surface area contributed by atoms with E-state index in [1.54, 1.807) is 23.9 Å². The molecule has 0 radical (unpaired) electrons. The van der Waals surface area contributed by atoms with Crippen molar-refractivity contribution in [2.24, 2.45) is 0 Å². The molecular formula is C16H14N2OS. The van der Waals surface area contributed by atoms with Gasteiger partial charge >= 0.3 is 0 Å². The summed E-state index contributed by atoms with van der Waals surface area (Å²) in [4.78, 5) is 13.2. The van der Waals surface area contributed by atoms with Gasteiger partial charge in [-0.15, -0.1) is 11.8 Å². The third kappa shape index (κ3) is 3.62. The molecule has 20 heavy (non-hydrogen) atoms. The standard InChI is InChI=1S/C16H14N2OS/c1-20-15-8-4-13(5-9-15)16(19)18-14-6-2-12(3-7-14)10-11-17/h2-9H,10H2,1H3,(H,18,19). The number of thioether (sulfide) groups is 1. The molecule has 3 nitrogen and oxygen atoms in total. The highest BCUT2D eigenvalue weighted by Crippen LogP contribution is 2.16. The first-order valence-electron chi connectivity index (χ1n) is 6.14. The van der Waals surface area contributed by atoms with Crippen LogP contribution in [0.3, 0.4) is 0 Å². The van der Waals surface area contributed by atoms with Crippen molar-refractivity contribution in [2.45, 2.75) is 11.3 Å². The van der Waals surface area contributed by atoms with E-state index in [-0.39, 0.29) is 5.91 Å². The molecule has 100 valence electrons. The van der Waals surface area contributed by atoms with Crippen LogP contribution in [0.2, 0.25) is 0 Å². The number of nitrogens with one attached hydrogen (secondary N) is 1. The summed E-state index contributed by atoms with van der Waals surface area (Å²) < 4.78 is 0. The van der Waals surface area contributed by atoms with E-state index >= 15 is 0 Å². The van der Waals surface area contributed by atoms with E-state index in [4.69, 9.17) is 5.26 Å². The van der Waals surface area contributed by atoms with Crippen LogP contribution >= 0.6 is 11.8 Å². The van der Waals surface area contributed by atoms with Gasteiger partial charge in [0, 0.05) is 16.1 Å². The number of carbonyl (C=O) groups is 1. The number of amides is 1. The number of benzene rings is 2. The van der Waals surface area contributed by atoms with Gasteiger partial charge in [0.2, 0.25) is 0 Å². The Bertz CT molecular complexity index is 627. The lowest BCUT2D eigenvalue weighted by Gasteiger charge is -2.06. The molecule has 0 atom stereocenters. The van der Waals surface area contributed by atoms with Gasteiger partial charge in [0.15, 0.2) is 0 Å². The summed E-state index contributed by atoms with van der Waals surface area (Å²) in [6, 6.07) is 16.9. The second-order valence-corrected chi connectivity index (χ2v) is 5.09. The first-order chi connectivity index (χ1) is 9.72. The second kappa shape index (κ2) is 6.78. The van der Waals surface area contributed by atoms with Crippen molar-refractivity contribution in [2.75, 3.05) is 11.6 Å². The third-order valence-electron chi connectivity index (χ3n) is 2.85. The zero-order chi connectivity index (χ0) is 14.4. The minimum Gasteiger partial charge on any atom is -0.322 e. The first-order valence-corrected chi connectivity index (χ1v) is 7.36. The Morgan fingerprint density at radius 3 is 2.35 bits per heavy atom. The van der Waals surface area contributed by atoms with E-state index in [1.807, 2.05) is 42.7 Å². The molecule has 0 spiro atoms. The minimum absolute atomic E-state index is 0.134. The van der Waals surface area contributed by atoms with Gasteiger partial charge < -0.3 is 5.32 Å². The maximum Gasteiger partial charge on any atom is 0.255 e. The molecule has 0 aliphatic carbocycles. The Morgan fingerprint density at radius 2 is 1.80 bits per heavy atom. The van der Waals surface area contributed by atoms with E-state index < -0.39 is 0 Å². The number of rotatable bonds is 4. The van der Waals surface area contributed by atoms with Crippen LogP contribution in [0, 0.1) is 11.3 Å². The summed E-state index contributed by atoms with van der Waals surface area (Å²) in [5.74, 6) is -0.134. The van der Waals surface area contributed by atoms with E-state index in [1.165, 1.54) is 0 Å². The maximum atomic E-state index is 12.1. The first kappa shape index (κ1) is 14.2. The largest absolute Gasteiger partial charge is 0.322 e. The molecule has 0 fully saturated rings. The second-order valence-electron chi connectivity index (χ2n) is 4.21. The maximum absolute atomic E-state index is 12.1. The summed E-state index contributed by atoms with van der Waals surface area (Å²) in [6.45, 7) is 0. The lowest BCUT2D eigenvalue weighted by molar-refractivity contribution is 0.102. The number of hydrogen-bond acceptors (Lipinski definition) is 3. The zero-order valence-corrected chi connectivity index (χ0v) is 11.9. The van der Waals surface area contributed by atoms with Crippen LogP contribution in [0.25, 0.3) is 0 Å². The van der Waals surface area contributed by atoms with Gasteiger partial charge in [-0.05, 0) is 48.2 Å². The Kier molecular flexibility index (Phi) is 4.80. The molecule has 0 saturated carbocycles. The van der Waals surface area contributed by atoms with Crippen LogP contribution in [0.15, 0.2) is 53.4 Å². The molecule has 2 aromatic carbocycles. The van der Waals surface area contributed by atoms with E-state index in [9.17, 15) is 4.79 Å². The third-order valence-corrected chi connectivity index (χ3v) is 3.59. The van der Waals surface area contributed by atoms with Gasteiger partial charge in [0.05, 0.1) is 12.5 Å². The van der Waals surface area contributed by atoms with Crippen molar-refractivity contribution < 1.29 is 4.79 Å². The van der Waals surface area contributed by atoms with Gasteiger partial charge in [-0.25, -0.2) is 0 Å². The van der Waals surface area contributed by atoms with Gasteiger partial charge in [-0.1, -0.05) is 12.1 Å². The topological polar surface area (TPSA) is 52.9 Å². The predicted octanol–water partition coefficient (Wildman–Crippen LogP) is 3.73. The fourth-order valence-corrected chi connectivity index (χ4v) is 2.15. The number of carbonyl (C=O) groups excluding carboxylic acids is 1. The highest BCUT2D eigenvalue weighted by atomic mass is 32.2. The Labute approximate surface area is 122 Å². The zero-order valence-electron chi connectivity index (χ0n) is 11.1. The Balaban J connectivity index is 2.05. The summed E-state index contributed by atoms with van der Waals surface area (Å²) in [5.41, 5.74) is 2.30. The molecule has 2 rings (SSSR count). The molecule has 1 N–H and O–H groups in total. The molecule has 0 saturated heterocycles. The summed E-state index contributed by atoms with van der Waals surface area (Å²) in [5, 5.41) is 11.4. The van der Waals surface area contributed by atoms with Gasteiger partial charge in [0.1, 0.15) is 0 Å². The van der Waals surface area contributed by atoms with Crippen molar-refractivity contribution in [3.05, 3.63) is 59.7 Å². The molecule has 2 aromatic rings. The summed E-state index contributed by atoms with van der Waals surface area (Å²) in [7, 11) is 0. The number of hydrogen-bond donors (Lipinski definition) is 1. The number of anilines is 1. The molecule has 0 bridgehead atoms. The smallest absolute Gasteiger partial charge is 0.255 e. The number of nitriles is 1. The van der Waals surface area contributed by atoms with Crippen LogP contribution in [0.4, 0.5) is 5.69 Å². The van der Waals surface area contributed by atoms with Gasteiger partial charge in [-0.2, -0.15) is 5.26 Å². The van der Waals surface area contributed by atoms with Crippen molar-refractivity contribution in [3.8, 4) is 6.07 Å². The molecule has 0 aliphatic heterocycles. The van der Waals surface area contributed by atoms with E-state index in [2.05, 4.69) is 11.4 Å². The van der Waals surface area contributed by atoms with Crippen molar-refractivity contribution >= 4 is 23.4 Å². The molecule has 0 unspecified atom stereocenters.